The molecule has 2 aliphatic rings. The normalized spacial score (nSPS) is 21.0. The van der Waals surface area contributed by atoms with E-state index in [9.17, 15) is 0 Å². The first kappa shape index (κ1) is 21.7. The number of nitrogens with zero attached hydrogens (tertiary/aromatic N) is 2. The van der Waals surface area contributed by atoms with Crippen LogP contribution in [0.2, 0.25) is 5.02 Å². The van der Waals surface area contributed by atoms with Crippen molar-refractivity contribution in [2.45, 2.75) is 44.2 Å². The second-order valence-corrected chi connectivity index (χ2v) is 7.36. The summed E-state index contributed by atoms with van der Waals surface area (Å²) in [6.07, 6.45) is 6.30. The summed E-state index contributed by atoms with van der Waals surface area (Å²) in [5.41, 5.74) is 7.38. The monoisotopic (exact) mass is 492 g/mol. The topological polar surface area (TPSA) is 62.9 Å². The average Bonchev–Trinajstić information content (AvgIpc) is 2.65. The summed E-state index contributed by atoms with van der Waals surface area (Å²) in [6, 6.07) is 8.74. The fourth-order valence-electron chi connectivity index (χ4n) is 3.69. The van der Waals surface area contributed by atoms with E-state index in [2.05, 4.69) is 27.3 Å². The molecule has 1 aliphatic carbocycles. The molecule has 0 aromatic heterocycles. The minimum absolute atomic E-state index is 0. The Bertz CT molecular complexity index is 557. The lowest BCUT2D eigenvalue weighted by Crippen LogP contribution is -2.43. The number of guanidine groups is 1. The second-order valence-electron chi connectivity index (χ2n) is 6.92. The Kier molecular flexibility index (Phi) is 9.45. The molecule has 7 heteroatoms. The highest BCUT2D eigenvalue weighted by molar-refractivity contribution is 14.0. The molecule has 3 rings (SSSR count). The molecule has 1 unspecified atom stereocenters. The molecule has 1 atom stereocenters. The van der Waals surface area contributed by atoms with Crippen LogP contribution in [0.1, 0.15) is 43.7 Å². The van der Waals surface area contributed by atoms with E-state index in [1.165, 1.54) is 37.7 Å². The van der Waals surface area contributed by atoms with Crippen molar-refractivity contribution in [2.75, 3.05) is 32.8 Å². The average molecular weight is 493 g/mol. The standard InChI is InChI=1S/C19H29ClN4O.HI/c20-16-8-6-15(7-9-16)18(24-10-12-25-13-11-24)14-22-19(21)23-17-4-2-1-3-5-17;/h6-9,17-18H,1-5,10-14H2,(H3,21,22,23);1H. The fourth-order valence-corrected chi connectivity index (χ4v) is 3.82. The van der Waals surface area contributed by atoms with E-state index < -0.39 is 0 Å². The minimum Gasteiger partial charge on any atom is -0.379 e. The molecule has 1 aliphatic heterocycles. The Hall–Kier alpha value is -0.570. The predicted octanol–water partition coefficient (Wildman–Crippen LogP) is 3.57. The third kappa shape index (κ3) is 6.55. The molecule has 2 fully saturated rings. The molecule has 0 spiro atoms. The maximum absolute atomic E-state index is 6.16. The maximum atomic E-state index is 6.16. The van der Waals surface area contributed by atoms with Gasteiger partial charge in [0.05, 0.1) is 25.8 Å². The Balaban J connectivity index is 0.00000243. The van der Waals surface area contributed by atoms with Gasteiger partial charge < -0.3 is 15.8 Å². The lowest BCUT2D eigenvalue weighted by atomic mass is 9.96. The third-order valence-corrected chi connectivity index (χ3v) is 5.38. The van der Waals surface area contributed by atoms with Gasteiger partial charge in [0.25, 0.3) is 0 Å². The number of nitrogens with one attached hydrogen (secondary N) is 1. The van der Waals surface area contributed by atoms with Gasteiger partial charge in [-0.1, -0.05) is 43.0 Å². The molecule has 1 heterocycles. The first-order valence-corrected chi connectivity index (χ1v) is 9.74. The Morgan fingerprint density at radius 3 is 2.50 bits per heavy atom. The van der Waals surface area contributed by atoms with Gasteiger partial charge in [-0.05, 0) is 30.5 Å². The summed E-state index contributed by atoms with van der Waals surface area (Å²) in [5, 5.41) is 4.16. The number of hydrogen-bond acceptors (Lipinski definition) is 3. The molecular weight excluding hydrogens is 463 g/mol. The zero-order valence-corrected chi connectivity index (χ0v) is 18.3. The van der Waals surface area contributed by atoms with Crippen molar-refractivity contribution in [1.29, 1.82) is 0 Å². The molecule has 146 valence electrons. The quantitative estimate of drug-likeness (QED) is 0.375. The van der Waals surface area contributed by atoms with Crippen LogP contribution in [0.4, 0.5) is 0 Å². The zero-order valence-electron chi connectivity index (χ0n) is 15.2. The van der Waals surface area contributed by atoms with E-state index >= 15 is 0 Å². The first-order valence-electron chi connectivity index (χ1n) is 9.36. The first-order chi connectivity index (χ1) is 12.2. The smallest absolute Gasteiger partial charge is 0.188 e. The largest absolute Gasteiger partial charge is 0.379 e. The summed E-state index contributed by atoms with van der Waals surface area (Å²) >= 11 is 6.05. The third-order valence-electron chi connectivity index (χ3n) is 5.13. The van der Waals surface area contributed by atoms with E-state index in [0.29, 0.717) is 18.5 Å². The minimum atomic E-state index is 0. The number of aliphatic imine (C=N–C) groups is 1. The molecule has 0 amide bonds. The number of hydrogen-bond donors (Lipinski definition) is 2. The van der Waals surface area contributed by atoms with Gasteiger partial charge in [0.15, 0.2) is 5.96 Å². The van der Waals surface area contributed by atoms with Crippen LogP contribution in [0.15, 0.2) is 29.3 Å². The number of halogens is 2. The highest BCUT2D eigenvalue weighted by Crippen LogP contribution is 2.24. The van der Waals surface area contributed by atoms with Crippen LogP contribution in [-0.4, -0.2) is 49.7 Å². The Morgan fingerprint density at radius 1 is 1.19 bits per heavy atom. The number of morpholine rings is 1. The molecule has 0 radical (unpaired) electrons. The van der Waals surface area contributed by atoms with Gasteiger partial charge in [-0.2, -0.15) is 0 Å². The van der Waals surface area contributed by atoms with Crippen LogP contribution in [0.3, 0.4) is 0 Å². The summed E-state index contributed by atoms with van der Waals surface area (Å²) in [5.74, 6) is 0.569. The van der Waals surface area contributed by atoms with Crippen molar-refractivity contribution < 1.29 is 4.74 Å². The molecule has 5 nitrogen and oxygen atoms in total. The number of ether oxygens (including phenoxy) is 1. The molecule has 1 saturated heterocycles. The van der Waals surface area contributed by atoms with E-state index in [1.807, 2.05) is 12.1 Å². The van der Waals surface area contributed by atoms with Crippen molar-refractivity contribution in [2.24, 2.45) is 10.7 Å². The number of benzene rings is 1. The van der Waals surface area contributed by atoms with E-state index in [1.54, 1.807) is 0 Å². The molecule has 1 aromatic carbocycles. The second kappa shape index (κ2) is 11.3. The molecule has 1 saturated carbocycles. The lowest BCUT2D eigenvalue weighted by Gasteiger charge is -2.34. The van der Waals surface area contributed by atoms with Gasteiger partial charge in [0, 0.05) is 24.2 Å². The van der Waals surface area contributed by atoms with Gasteiger partial charge in [-0.25, -0.2) is 0 Å². The lowest BCUT2D eigenvalue weighted by molar-refractivity contribution is 0.0180. The maximum Gasteiger partial charge on any atom is 0.188 e. The number of rotatable bonds is 5. The zero-order chi connectivity index (χ0) is 17.5. The highest BCUT2D eigenvalue weighted by atomic mass is 127. The molecular formula is C19H30ClIN4O. The van der Waals surface area contributed by atoms with Crippen molar-refractivity contribution in [3.05, 3.63) is 34.9 Å². The van der Waals surface area contributed by atoms with Gasteiger partial charge in [0.1, 0.15) is 0 Å². The molecule has 26 heavy (non-hydrogen) atoms. The van der Waals surface area contributed by atoms with Crippen LogP contribution in [-0.2, 0) is 4.74 Å². The summed E-state index contributed by atoms with van der Waals surface area (Å²) < 4.78 is 5.50. The van der Waals surface area contributed by atoms with Crippen LogP contribution < -0.4 is 11.1 Å². The van der Waals surface area contributed by atoms with Gasteiger partial charge in [-0.15, -0.1) is 24.0 Å². The van der Waals surface area contributed by atoms with Crippen LogP contribution in [0, 0.1) is 0 Å². The van der Waals surface area contributed by atoms with Crippen molar-refractivity contribution in [3.63, 3.8) is 0 Å². The number of nitrogens with two attached hydrogens (primary N) is 1. The van der Waals surface area contributed by atoms with E-state index in [-0.39, 0.29) is 30.0 Å². The van der Waals surface area contributed by atoms with Gasteiger partial charge in [0.2, 0.25) is 0 Å². The van der Waals surface area contributed by atoms with Gasteiger partial charge >= 0.3 is 0 Å². The van der Waals surface area contributed by atoms with Crippen LogP contribution in [0.25, 0.3) is 0 Å². The predicted molar refractivity (Wildman–Crippen MR) is 118 cm³/mol. The molecule has 3 N–H and O–H groups in total. The SMILES string of the molecule is I.NC(=NCC(c1ccc(Cl)cc1)N1CCOCC1)NC1CCCCC1. The summed E-state index contributed by atoms with van der Waals surface area (Å²) in [4.78, 5) is 7.08. The van der Waals surface area contributed by atoms with Crippen molar-refractivity contribution in [1.82, 2.24) is 10.2 Å². The summed E-state index contributed by atoms with van der Waals surface area (Å²) in [6.45, 7) is 4.01. The summed E-state index contributed by atoms with van der Waals surface area (Å²) in [7, 11) is 0. The van der Waals surface area contributed by atoms with Crippen molar-refractivity contribution >= 4 is 41.5 Å². The molecule has 0 bridgehead atoms. The fraction of sp³-hybridized carbons (Fsp3) is 0.632. The Labute approximate surface area is 178 Å². The molecule has 1 aromatic rings. The Morgan fingerprint density at radius 2 is 1.85 bits per heavy atom. The van der Waals surface area contributed by atoms with Gasteiger partial charge in [-0.3, -0.25) is 9.89 Å². The highest BCUT2D eigenvalue weighted by Gasteiger charge is 2.22. The van der Waals surface area contributed by atoms with Crippen LogP contribution in [0.5, 0.6) is 0 Å². The van der Waals surface area contributed by atoms with E-state index in [4.69, 9.17) is 22.1 Å². The van der Waals surface area contributed by atoms with Crippen LogP contribution >= 0.6 is 35.6 Å². The van der Waals surface area contributed by atoms with E-state index in [0.717, 1.165) is 31.3 Å². The van der Waals surface area contributed by atoms with Crippen molar-refractivity contribution in [3.8, 4) is 0 Å².